The number of hydrogen-bond donors (Lipinski definition) is 0. The lowest BCUT2D eigenvalue weighted by Crippen LogP contribution is -2.30. The lowest BCUT2D eigenvalue weighted by atomic mass is 9.82. The summed E-state index contributed by atoms with van der Waals surface area (Å²) in [5.41, 5.74) is 17.3. The van der Waals surface area contributed by atoms with Gasteiger partial charge in [0.1, 0.15) is 0 Å². The number of benzene rings is 6. The van der Waals surface area contributed by atoms with Crippen LogP contribution in [0.3, 0.4) is 0 Å². The molecule has 2 aliphatic rings. The molecule has 2 heteroatoms. The van der Waals surface area contributed by atoms with Gasteiger partial charge in [0.2, 0.25) is 0 Å². The van der Waals surface area contributed by atoms with Crippen molar-refractivity contribution in [1.29, 1.82) is 0 Å². The summed E-state index contributed by atoms with van der Waals surface area (Å²) in [7, 11) is 0. The Balaban J connectivity index is 1.10. The minimum Gasteiger partial charge on any atom is -0.333 e. The minimum atomic E-state index is 0.115. The summed E-state index contributed by atoms with van der Waals surface area (Å²) >= 11 is 0. The van der Waals surface area contributed by atoms with Crippen molar-refractivity contribution in [3.8, 4) is 27.9 Å². The van der Waals surface area contributed by atoms with Crippen molar-refractivity contribution in [2.75, 3.05) is 4.90 Å². The van der Waals surface area contributed by atoms with Gasteiger partial charge in [0, 0.05) is 28.4 Å². The molecule has 0 fully saturated rings. The first-order valence-electron chi connectivity index (χ1n) is 19.1. The highest BCUT2D eigenvalue weighted by molar-refractivity contribution is 5.95. The van der Waals surface area contributed by atoms with Crippen molar-refractivity contribution in [2.45, 2.75) is 12.0 Å². The molecule has 56 heavy (non-hydrogen) atoms. The van der Waals surface area contributed by atoms with Gasteiger partial charge < -0.3 is 9.47 Å². The quantitative estimate of drug-likeness (QED) is 0.128. The van der Waals surface area contributed by atoms with Crippen LogP contribution >= 0.6 is 0 Å². The largest absolute Gasteiger partial charge is 0.333 e. The molecule has 0 saturated carbocycles. The molecule has 1 aliphatic heterocycles. The minimum absolute atomic E-state index is 0.115. The molecule has 6 aromatic carbocycles. The molecule has 2 atom stereocenters. The maximum absolute atomic E-state index is 4.37. The Morgan fingerprint density at radius 2 is 1.25 bits per heavy atom. The highest BCUT2D eigenvalue weighted by Gasteiger charge is 2.43. The molecule has 0 radical (unpaired) electrons. The van der Waals surface area contributed by atoms with E-state index in [0.29, 0.717) is 0 Å². The highest BCUT2D eigenvalue weighted by atomic mass is 15.2. The second-order valence-electron chi connectivity index (χ2n) is 14.3. The van der Waals surface area contributed by atoms with E-state index in [0.717, 1.165) is 33.7 Å². The lowest BCUT2D eigenvalue weighted by molar-refractivity contribution is 0.725. The summed E-state index contributed by atoms with van der Waals surface area (Å²) < 4.78 is 2.45. The summed E-state index contributed by atoms with van der Waals surface area (Å²) in [5.74, 6) is 0.157. The number of para-hydroxylation sites is 2. The van der Waals surface area contributed by atoms with E-state index in [9.17, 15) is 0 Å². The van der Waals surface area contributed by atoms with Gasteiger partial charge >= 0.3 is 0 Å². The predicted molar refractivity (Wildman–Crippen MR) is 240 cm³/mol. The van der Waals surface area contributed by atoms with E-state index in [-0.39, 0.29) is 12.0 Å². The first-order chi connectivity index (χ1) is 27.6. The average Bonchev–Trinajstić information content (AvgIpc) is 3.78. The average molecular weight is 719 g/mol. The van der Waals surface area contributed by atoms with E-state index in [2.05, 4.69) is 200 Å². The standard InChI is InChI=1S/C54H42N2/c1-5-7-18-37(3)38(4)44(17-6-2)40-27-31-42(32-28-40)55-49-25-15-13-23-47(49)53-51(55)35-36-52-54(53)48-24-14-16-26-50(48)56(52)43-33-29-41(30-34-43)46-22-12-11-21-45(46)39-19-9-8-10-20-39/h5-36,51,53H,1-4H2/b18-7-,44-17+. The van der Waals surface area contributed by atoms with Gasteiger partial charge in [0.15, 0.2) is 0 Å². The van der Waals surface area contributed by atoms with Crippen LogP contribution in [0.5, 0.6) is 0 Å². The van der Waals surface area contributed by atoms with Gasteiger partial charge in [0.05, 0.1) is 17.3 Å². The fourth-order valence-electron chi connectivity index (χ4n) is 8.68. The molecule has 2 heterocycles. The Kier molecular flexibility index (Phi) is 9.01. The van der Waals surface area contributed by atoms with Crippen molar-refractivity contribution in [2.24, 2.45) is 0 Å². The first-order valence-corrected chi connectivity index (χ1v) is 19.1. The van der Waals surface area contributed by atoms with E-state index < -0.39 is 0 Å². The summed E-state index contributed by atoms with van der Waals surface area (Å²) in [5, 5.41) is 1.29. The smallest absolute Gasteiger partial charge is 0.0637 e. The Bertz CT molecular complexity index is 2750. The molecular weight excluding hydrogens is 677 g/mol. The Morgan fingerprint density at radius 1 is 0.607 bits per heavy atom. The third kappa shape index (κ3) is 5.84. The lowest BCUT2D eigenvalue weighted by Gasteiger charge is -2.31. The topological polar surface area (TPSA) is 8.17 Å². The molecule has 268 valence electrons. The number of allylic oxidation sites excluding steroid dienone is 8. The molecule has 1 aliphatic carbocycles. The normalized spacial score (nSPS) is 15.7. The third-order valence-corrected chi connectivity index (χ3v) is 11.2. The molecule has 0 spiro atoms. The van der Waals surface area contributed by atoms with Crippen LogP contribution in [0, 0.1) is 0 Å². The van der Waals surface area contributed by atoms with Crippen LogP contribution in [0.1, 0.15) is 28.3 Å². The molecule has 9 rings (SSSR count). The van der Waals surface area contributed by atoms with E-state index >= 15 is 0 Å². The zero-order chi connectivity index (χ0) is 38.2. The number of nitrogens with zero attached hydrogens (tertiary/aromatic N) is 2. The van der Waals surface area contributed by atoms with Gasteiger partial charge in [-0.1, -0.05) is 178 Å². The monoisotopic (exact) mass is 718 g/mol. The molecule has 0 amide bonds. The Labute approximate surface area is 330 Å². The van der Waals surface area contributed by atoms with E-state index in [1.165, 1.54) is 55.7 Å². The van der Waals surface area contributed by atoms with Crippen LogP contribution in [-0.2, 0) is 0 Å². The fraction of sp³-hybridized carbons (Fsp3) is 0.0370. The van der Waals surface area contributed by atoms with Crippen molar-refractivity contribution in [1.82, 2.24) is 4.57 Å². The molecule has 2 nitrogen and oxygen atoms in total. The molecular formula is C54H42N2. The first kappa shape index (κ1) is 34.6. The number of rotatable bonds is 10. The fourth-order valence-corrected chi connectivity index (χ4v) is 8.68. The van der Waals surface area contributed by atoms with E-state index in [4.69, 9.17) is 0 Å². The molecule has 0 bridgehead atoms. The number of anilines is 2. The molecule has 1 aromatic heterocycles. The Hall–Kier alpha value is -7.16. The van der Waals surface area contributed by atoms with Crippen LogP contribution in [0.2, 0.25) is 0 Å². The summed E-state index contributed by atoms with van der Waals surface area (Å²) in [4.78, 5) is 2.51. The number of aromatic nitrogens is 1. The van der Waals surface area contributed by atoms with E-state index in [1.807, 2.05) is 18.2 Å². The summed E-state index contributed by atoms with van der Waals surface area (Å²) in [6.45, 7) is 16.4. The van der Waals surface area contributed by atoms with Crippen molar-refractivity contribution in [3.63, 3.8) is 0 Å². The SMILES string of the molecule is C=C/C=C\C(=C)C(=C)/C(=C\C=C)c1ccc(N2c3ccccc3C3c4c(n(-c5ccc(-c6ccccc6-c6ccccc6)cc5)c5ccccc45)C=CC32)cc1. The van der Waals surface area contributed by atoms with Crippen molar-refractivity contribution < 1.29 is 0 Å². The second-order valence-corrected chi connectivity index (χ2v) is 14.3. The third-order valence-electron chi connectivity index (χ3n) is 11.2. The van der Waals surface area contributed by atoms with Crippen LogP contribution in [0.25, 0.3) is 50.5 Å². The molecule has 0 saturated heterocycles. The Morgan fingerprint density at radius 3 is 1.98 bits per heavy atom. The number of fused-ring (bicyclic) bond motifs is 7. The van der Waals surface area contributed by atoms with Crippen molar-refractivity contribution >= 4 is 33.9 Å². The van der Waals surface area contributed by atoms with Gasteiger partial charge in [-0.15, -0.1) is 0 Å². The summed E-state index contributed by atoms with van der Waals surface area (Å²) in [6.07, 6.45) is 14.1. The second kappa shape index (κ2) is 14.6. The van der Waals surface area contributed by atoms with Gasteiger partial charge in [-0.05, 0) is 98.1 Å². The van der Waals surface area contributed by atoms with E-state index in [1.54, 1.807) is 12.2 Å². The zero-order valence-corrected chi connectivity index (χ0v) is 31.4. The van der Waals surface area contributed by atoms with Crippen LogP contribution in [0.15, 0.2) is 226 Å². The molecule has 7 aromatic rings. The number of hydrogen-bond acceptors (Lipinski definition) is 1. The maximum atomic E-state index is 4.37. The van der Waals surface area contributed by atoms with Gasteiger partial charge in [-0.25, -0.2) is 0 Å². The van der Waals surface area contributed by atoms with Crippen LogP contribution in [0.4, 0.5) is 11.4 Å². The van der Waals surface area contributed by atoms with Gasteiger partial charge in [-0.2, -0.15) is 0 Å². The van der Waals surface area contributed by atoms with Crippen molar-refractivity contribution in [3.05, 3.63) is 248 Å². The highest BCUT2D eigenvalue weighted by Crippen LogP contribution is 2.54. The maximum Gasteiger partial charge on any atom is 0.0637 e. The zero-order valence-electron chi connectivity index (χ0n) is 31.4. The van der Waals surface area contributed by atoms with Gasteiger partial charge in [0.25, 0.3) is 0 Å². The van der Waals surface area contributed by atoms with Gasteiger partial charge in [-0.3, -0.25) is 0 Å². The summed E-state index contributed by atoms with van der Waals surface area (Å²) in [6, 6.07) is 55.1. The molecule has 2 unspecified atom stereocenters. The predicted octanol–water partition coefficient (Wildman–Crippen LogP) is 14.1. The van der Waals surface area contributed by atoms with Crippen LogP contribution < -0.4 is 4.90 Å². The molecule has 0 N–H and O–H groups in total. The van der Waals surface area contributed by atoms with Crippen LogP contribution in [-0.4, -0.2) is 10.6 Å².